The lowest BCUT2D eigenvalue weighted by Crippen LogP contribution is -2.29. The molecule has 0 aliphatic carbocycles. The van der Waals surface area contributed by atoms with Crippen LogP contribution < -0.4 is 0 Å². The van der Waals surface area contributed by atoms with E-state index in [0.29, 0.717) is 12.3 Å². The molecule has 3 heteroatoms. The minimum atomic E-state index is 0.0938. The van der Waals surface area contributed by atoms with Crippen LogP contribution in [-0.4, -0.2) is 29.5 Å². The first kappa shape index (κ1) is 13.6. The van der Waals surface area contributed by atoms with Crippen molar-refractivity contribution >= 4 is 5.91 Å². The summed E-state index contributed by atoms with van der Waals surface area (Å²) in [4.78, 5) is 13.6. The summed E-state index contributed by atoms with van der Waals surface area (Å²) in [5.41, 5.74) is 0.853. The SMILES string of the molecule is CC(C)CCN(C)C(=O)Cc1cccc(O)c1. The molecular weight excluding hydrogens is 214 g/mol. The monoisotopic (exact) mass is 235 g/mol. The van der Waals surface area contributed by atoms with Gasteiger partial charge in [0.25, 0.3) is 0 Å². The van der Waals surface area contributed by atoms with Crippen molar-refractivity contribution in [3.8, 4) is 5.75 Å². The van der Waals surface area contributed by atoms with Crippen LogP contribution in [0.2, 0.25) is 0 Å². The van der Waals surface area contributed by atoms with Crippen LogP contribution >= 0.6 is 0 Å². The Morgan fingerprint density at radius 2 is 2.12 bits per heavy atom. The minimum Gasteiger partial charge on any atom is -0.508 e. The van der Waals surface area contributed by atoms with E-state index in [9.17, 15) is 9.90 Å². The van der Waals surface area contributed by atoms with E-state index in [0.717, 1.165) is 18.5 Å². The first-order chi connectivity index (χ1) is 7.99. The van der Waals surface area contributed by atoms with Gasteiger partial charge in [-0.3, -0.25) is 4.79 Å². The molecular formula is C14H21NO2. The summed E-state index contributed by atoms with van der Waals surface area (Å²) in [6.07, 6.45) is 1.37. The molecule has 0 aliphatic rings. The average Bonchev–Trinajstić information content (AvgIpc) is 2.25. The van der Waals surface area contributed by atoms with Gasteiger partial charge in [0.05, 0.1) is 6.42 Å². The first-order valence-corrected chi connectivity index (χ1v) is 6.01. The van der Waals surface area contributed by atoms with Gasteiger partial charge in [0.15, 0.2) is 0 Å². The normalized spacial score (nSPS) is 10.6. The minimum absolute atomic E-state index is 0.0938. The Balaban J connectivity index is 2.48. The maximum atomic E-state index is 11.9. The number of hydrogen-bond acceptors (Lipinski definition) is 2. The molecule has 1 aromatic carbocycles. The van der Waals surface area contributed by atoms with Crippen LogP contribution in [0.1, 0.15) is 25.8 Å². The number of amides is 1. The largest absolute Gasteiger partial charge is 0.508 e. The zero-order valence-electron chi connectivity index (χ0n) is 10.8. The van der Waals surface area contributed by atoms with Crippen LogP contribution in [0.25, 0.3) is 0 Å². The third-order valence-corrected chi connectivity index (χ3v) is 2.73. The summed E-state index contributed by atoms with van der Waals surface area (Å²) in [7, 11) is 1.83. The zero-order valence-corrected chi connectivity index (χ0v) is 10.8. The lowest BCUT2D eigenvalue weighted by Gasteiger charge is -2.18. The summed E-state index contributed by atoms with van der Waals surface area (Å²) in [6, 6.07) is 6.85. The van der Waals surface area contributed by atoms with Crippen LogP contribution in [0.3, 0.4) is 0 Å². The van der Waals surface area contributed by atoms with Gasteiger partial charge < -0.3 is 10.0 Å². The molecule has 0 unspecified atom stereocenters. The van der Waals surface area contributed by atoms with E-state index in [1.807, 2.05) is 13.1 Å². The van der Waals surface area contributed by atoms with Crippen molar-refractivity contribution in [3.05, 3.63) is 29.8 Å². The van der Waals surface area contributed by atoms with Crippen molar-refractivity contribution in [2.75, 3.05) is 13.6 Å². The fourth-order valence-corrected chi connectivity index (χ4v) is 1.55. The smallest absolute Gasteiger partial charge is 0.226 e. The van der Waals surface area contributed by atoms with Crippen molar-refractivity contribution in [3.63, 3.8) is 0 Å². The molecule has 0 aromatic heterocycles. The highest BCUT2D eigenvalue weighted by molar-refractivity contribution is 5.78. The standard InChI is InChI=1S/C14H21NO2/c1-11(2)7-8-15(3)14(17)10-12-5-4-6-13(16)9-12/h4-6,9,11,16H,7-8,10H2,1-3H3. The van der Waals surface area contributed by atoms with Gasteiger partial charge >= 0.3 is 0 Å². The Bertz CT molecular complexity index is 374. The summed E-state index contributed by atoms with van der Waals surface area (Å²) >= 11 is 0. The Kier molecular flexibility index (Phi) is 5.01. The predicted octanol–water partition coefficient (Wildman–Crippen LogP) is 2.44. The van der Waals surface area contributed by atoms with Gasteiger partial charge in [-0.25, -0.2) is 0 Å². The molecule has 0 aliphatic heterocycles. The summed E-state index contributed by atoms with van der Waals surface area (Å²) in [5.74, 6) is 0.905. The Labute approximate surface area is 103 Å². The number of rotatable bonds is 5. The lowest BCUT2D eigenvalue weighted by molar-refractivity contribution is -0.129. The highest BCUT2D eigenvalue weighted by Gasteiger charge is 2.10. The van der Waals surface area contributed by atoms with E-state index in [1.165, 1.54) is 0 Å². The number of phenolic OH excluding ortho intramolecular Hbond substituents is 1. The molecule has 3 nitrogen and oxygen atoms in total. The second-order valence-corrected chi connectivity index (χ2v) is 4.84. The predicted molar refractivity (Wildman–Crippen MR) is 68.9 cm³/mol. The second-order valence-electron chi connectivity index (χ2n) is 4.84. The Hall–Kier alpha value is -1.51. The van der Waals surface area contributed by atoms with E-state index in [2.05, 4.69) is 13.8 Å². The zero-order chi connectivity index (χ0) is 12.8. The maximum absolute atomic E-state index is 11.9. The molecule has 1 N–H and O–H groups in total. The quantitative estimate of drug-likeness (QED) is 0.851. The molecule has 0 fully saturated rings. The van der Waals surface area contributed by atoms with Crippen molar-refractivity contribution in [1.82, 2.24) is 4.90 Å². The van der Waals surface area contributed by atoms with Gasteiger partial charge in [-0.15, -0.1) is 0 Å². The number of likely N-dealkylation sites (N-methyl/N-ethyl adjacent to an activating group) is 1. The number of carbonyl (C=O) groups excluding carboxylic acids is 1. The molecule has 0 bridgehead atoms. The van der Waals surface area contributed by atoms with Gasteiger partial charge in [-0.2, -0.15) is 0 Å². The van der Waals surface area contributed by atoms with Gasteiger partial charge in [0.1, 0.15) is 5.75 Å². The molecule has 0 radical (unpaired) electrons. The van der Waals surface area contributed by atoms with Gasteiger partial charge in [-0.1, -0.05) is 26.0 Å². The molecule has 0 saturated carbocycles. The fraction of sp³-hybridized carbons (Fsp3) is 0.500. The number of aromatic hydroxyl groups is 1. The van der Waals surface area contributed by atoms with Gasteiger partial charge in [-0.05, 0) is 30.0 Å². The molecule has 0 spiro atoms. The molecule has 0 heterocycles. The van der Waals surface area contributed by atoms with Gasteiger partial charge in [0.2, 0.25) is 5.91 Å². The topological polar surface area (TPSA) is 40.5 Å². The third kappa shape index (κ3) is 4.89. The van der Waals surface area contributed by atoms with Crippen molar-refractivity contribution in [1.29, 1.82) is 0 Å². The summed E-state index contributed by atoms with van der Waals surface area (Å²) in [6.45, 7) is 5.08. The van der Waals surface area contributed by atoms with Crippen molar-refractivity contribution < 1.29 is 9.90 Å². The van der Waals surface area contributed by atoms with Crippen LogP contribution in [0, 0.1) is 5.92 Å². The van der Waals surface area contributed by atoms with E-state index in [1.54, 1.807) is 23.1 Å². The van der Waals surface area contributed by atoms with Crippen LogP contribution in [0.15, 0.2) is 24.3 Å². The highest BCUT2D eigenvalue weighted by atomic mass is 16.3. The number of carbonyl (C=O) groups is 1. The number of nitrogens with zero attached hydrogens (tertiary/aromatic N) is 1. The maximum Gasteiger partial charge on any atom is 0.226 e. The molecule has 1 amide bonds. The highest BCUT2D eigenvalue weighted by Crippen LogP contribution is 2.12. The van der Waals surface area contributed by atoms with E-state index < -0.39 is 0 Å². The summed E-state index contributed by atoms with van der Waals surface area (Å²) < 4.78 is 0. The van der Waals surface area contributed by atoms with Crippen molar-refractivity contribution in [2.45, 2.75) is 26.7 Å². The number of phenols is 1. The van der Waals surface area contributed by atoms with Crippen LogP contribution in [0.5, 0.6) is 5.75 Å². The van der Waals surface area contributed by atoms with Crippen LogP contribution in [0.4, 0.5) is 0 Å². The van der Waals surface area contributed by atoms with Crippen molar-refractivity contribution in [2.24, 2.45) is 5.92 Å². The first-order valence-electron chi connectivity index (χ1n) is 6.01. The van der Waals surface area contributed by atoms with E-state index in [-0.39, 0.29) is 11.7 Å². The summed E-state index contributed by atoms with van der Waals surface area (Å²) in [5, 5.41) is 9.32. The molecule has 0 saturated heterocycles. The third-order valence-electron chi connectivity index (χ3n) is 2.73. The number of hydrogen-bond donors (Lipinski definition) is 1. The molecule has 0 atom stereocenters. The molecule has 1 aromatic rings. The second kappa shape index (κ2) is 6.28. The Morgan fingerprint density at radius 1 is 1.41 bits per heavy atom. The Morgan fingerprint density at radius 3 is 2.71 bits per heavy atom. The fourth-order valence-electron chi connectivity index (χ4n) is 1.55. The van der Waals surface area contributed by atoms with Gasteiger partial charge in [0, 0.05) is 13.6 Å². The lowest BCUT2D eigenvalue weighted by atomic mass is 10.1. The average molecular weight is 235 g/mol. The molecule has 94 valence electrons. The number of benzene rings is 1. The molecule has 1 rings (SSSR count). The van der Waals surface area contributed by atoms with E-state index in [4.69, 9.17) is 0 Å². The van der Waals surface area contributed by atoms with E-state index >= 15 is 0 Å². The van der Waals surface area contributed by atoms with Crippen LogP contribution in [-0.2, 0) is 11.2 Å². The molecule has 17 heavy (non-hydrogen) atoms.